The number of rotatable bonds is 10. The first kappa shape index (κ1) is 29.9. The summed E-state index contributed by atoms with van der Waals surface area (Å²) in [6.07, 6.45) is 6.82. The molecular weight excluding hydrogens is 583 g/mol. The van der Waals surface area contributed by atoms with Crippen LogP contribution in [0.2, 0.25) is 5.02 Å². The SMILES string of the molecule is COC(=O)c1ccc(NC(=O)CC2CC=C(c3ccccc3Cc3ccc(Cl)c4cc(F)oc34)CC2)c(NC[C@@H]2CCO2)c1. The number of anilines is 2. The molecule has 2 aliphatic rings. The van der Waals surface area contributed by atoms with Crippen molar-refractivity contribution in [3.8, 4) is 0 Å². The van der Waals surface area contributed by atoms with Gasteiger partial charge in [-0.15, -0.1) is 0 Å². The highest BCUT2D eigenvalue weighted by atomic mass is 35.5. The first-order chi connectivity index (χ1) is 21.4. The van der Waals surface area contributed by atoms with E-state index < -0.39 is 12.0 Å². The molecule has 1 aliphatic heterocycles. The van der Waals surface area contributed by atoms with Crippen molar-refractivity contribution >= 4 is 51.4 Å². The van der Waals surface area contributed by atoms with E-state index in [1.165, 1.54) is 18.7 Å². The number of halogens is 2. The van der Waals surface area contributed by atoms with E-state index in [1.807, 2.05) is 18.2 Å². The van der Waals surface area contributed by atoms with Crippen molar-refractivity contribution in [2.45, 2.75) is 44.6 Å². The van der Waals surface area contributed by atoms with Crippen LogP contribution in [0.3, 0.4) is 0 Å². The summed E-state index contributed by atoms with van der Waals surface area (Å²) in [5.41, 5.74) is 6.56. The van der Waals surface area contributed by atoms with Crippen LogP contribution in [-0.2, 0) is 20.7 Å². The molecule has 1 fully saturated rings. The molecule has 1 amide bonds. The number of methoxy groups -OCH3 is 1. The van der Waals surface area contributed by atoms with Crippen molar-refractivity contribution in [2.75, 3.05) is 30.9 Å². The standard InChI is InChI=1S/C35H34ClFN2O5/c1-42-35(41)25-11-13-30(31(18-25)38-20-26-14-15-43-26)39-33(40)16-21-6-8-22(9-7-21)27-5-3-2-4-23(27)17-24-10-12-29(36)28-19-32(37)44-34(24)28/h2-5,8,10-13,18-19,21,26,38H,6-7,9,14-17,20H2,1H3,(H,39,40)/t21?,26-/m0/s1. The summed E-state index contributed by atoms with van der Waals surface area (Å²) in [4.78, 5) is 25.2. The average Bonchev–Trinajstić information content (AvgIpc) is 3.41. The highest BCUT2D eigenvalue weighted by Crippen LogP contribution is 2.36. The topological polar surface area (TPSA) is 89.8 Å². The molecule has 2 heterocycles. The normalized spacial score (nSPS) is 17.9. The summed E-state index contributed by atoms with van der Waals surface area (Å²) < 4.78 is 29.6. The van der Waals surface area contributed by atoms with E-state index in [1.54, 1.807) is 24.3 Å². The summed E-state index contributed by atoms with van der Waals surface area (Å²) >= 11 is 6.27. The van der Waals surface area contributed by atoms with Crippen molar-refractivity contribution in [1.82, 2.24) is 0 Å². The van der Waals surface area contributed by atoms with Gasteiger partial charge in [0.05, 0.1) is 35.2 Å². The smallest absolute Gasteiger partial charge is 0.337 e. The summed E-state index contributed by atoms with van der Waals surface area (Å²) in [6, 6.07) is 17.7. The maximum Gasteiger partial charge on any atom is 0.337 e. The monoisotopic (exact) mass is 616 g/mol. The van der Waals surface area contributed by atoms with E-state index in [2.05, 4.69) is 28.8 Å². The van der Waals surface area contributed by atoms with Crippen LogP contribution in [0.4, 0.5) is 15.8 Å². The number of furan rings is 1. The number of carbonyl (C=O) groups is 2. The van der Waals surface area contributed by atoms with Gasteiger partial charge in [-0.25, -0.2) is 4.79 Å². The van der Waals surface area contributed by atoms with Gasteiger partial charge in [-0.3, -0.25) is 4.79 Å². The van der Waals surface area contributed by atoms with Crippen LogP contribution in [-0.4, -0.2) is 38.2 Å². The summed E-state index contributed by atoms with van der Waals surface area (Å²) in [7, 11) is 1.34. The second kappa shape index (κ2) is 13.2. The summed E-state index contributed by atoms with van der Waals surface area (Å²) in [5.74, 6) is -0.297. The van der Waals surface area contributed by atoms with Gasteiger partial charge in [-0.2, -0.15) is 4.39 Å². The molecule has 0 radical (unpaired) electrons. The van der Waals surface area contributed by atoms with Gasteiger partial charge in [0, 0.05) is 43.0 Å². The van der Waals surface area contributed by atoms with Crippen LogP contribution < -0.4 is 10.6 Å². The third-order valence-corrected chi connectivity index (χ3v) is 8.78. The number of hydrogen-bond donors (Lipinski definition) is 2. The number of ether oxygens (including phenoxy) is 2. The van der Waals surface area contributed by atoms with Crippen LogP contribution in [0.15, 0.2) is 71.2 Å². The molecule has 1 unspecified atom stereocenters. The number of amides is 1. The van der Waals surface area contributed by atoms with Gasteiger partial charge >= 0.3 is 5.97 Å². The number of nitrogens with one attached hydrogen (secondary N) is 2. The van der Waals surface area contributed by atoms with Gasteiger partial charge in [0.2, 0.25) is 5.91 Å². The minimum Gasteiger partial charge on any atom is -0.465 e. The van der Waals surface area contributed by atoms with Gasteiger partial charge in [-0.1, -0.05) is 48.0 Å². The minimum atomic E-state index is -0.651. The van der Waals surface area contributed by atoms with E-state index in [9.17, 15) is 14.0 Å². The Hall–Kier alpha value is -4.14. The molecule has 3 aromatic carbocycles. The largest absolute Gasteiger partial charge is 0.465 e. The predicted molar refractivity (Wildman–Crippen MR) is 170 cm³/mol. The van der Waals surface area contributed by atoms with E-state index in [0.717, 1.165) is 49.0 Å². The Bertz CT molecular complexity index is 1730. The van der Waals surface area contributed by atoms with Gasteiger partial charge in [-0.05, 0) is 72.6 Å². The van der Waals surface area contributed by atoms with Crippen molar-refractivity contribution in [3.05, 3.63) is 100 Å². The molecule has 6 rings (SSSR count). The van der Waals surface area contributed by atoms with Crippen LogP contribution in [0.25, 0.3) is 16.5 Å². The molecule has 0 spiro atoms. The zero-order valence-corrected chi connectivity index (χ0v) is 25.2. The lowest BCUT2D eigenvalue weighted by Crippen LogP contribution is -2.33. The average molecular weight is 617 g/mol. The van der Waals surface area contributed by atoms with Crippen molar-refractivity contribution in [2.24, 2.45) is 5.92 Å². The molecular formula is C35H34ClFN2O5. The summed E-state index contributed by atoms with van der Waals surface area (Å²) in [6.45, 7) is 1.34. The predicted octanol–water partition coefficient (Wildman–Crippen LogP) is 8.02. The Labute approximate surface area is 260 Å². The molecule has 1 aliphatic carbocycles. The quantitative estimate of drug-likeness (QED) is 0.175. The second-order valence-electron chi connectivity index (χ2n) is 11.4. The molecule has 2 atom stereocenters. The van der Waals surface area contributed by atoms with Gasteiger partial charge in [0.25, 0.3) is 6.01 Å². The Morgan fingerprint density at radius 2 is 1.89 bits per heavy atom. The first-order valence-corrected chi connectivity index (χ1v) is 15.3. The van der Waals surface area contributed by atoms with Gasteiger partial charge in [0.1, 0.15) is 5.58 Å². The van der Waals surface area contributed by atoms with Crippen molar-refractivity contribution < 1.29 is 27.9 Å². The van der Waals surface area contributed by atoms with Crippen molar-refractivity contribution in [3.63, 3.8) is 0 Å². The third kappa shape index (κ3) is 6.66. The van der Waals surface area contributed by atoms with E-state index in [-0.39, 0.29) is 17.9 Å². The lowest BCUT2D eigenvalue weighted by Gasteiger charge is -2.27. The second-order valence-corrected chi connectivity index (χ2v) is 11.8. The lowest BCUT2D eigenvalue weighted by molar-refractivity contribution is -0.117. The Morgan fingerprint density at radius 1 is 1.05 bits per heavy atom. The third-order valence-electron chi connectivity index (χ3n) is 8.45. The molecule has 0 saturated carbocycles. The van der Waals surface area contributed by atoms with E-state index in [4.69, 9.17) is 25.5 Å². The number of carbonyl (C=O) groups excluding carboxylic acids is 2. The fourth-order valence-electron chi connectivity index (χ4n) is 5.94. The minimum absolute atomic E-state index is 0.0709. The fourth-order valence-corrected chi connectivity index (χ4v) is 6.15. The molecule has 228 valence electrons. The van der Waals surface area contributed by atoms with Crippen LogP contribution in [0, 0.1) is 11.9 Å². The maximum atomic E-state index is 13.9. The zero-order chi connectivity index (χ0) is 30.6. The highest BCUT2D eigenvalue weighted by Gasteiger charge is 2.23. The number of hydrogen-bond acceptors (Lipinski definition) is 6. The van der Waals surface area contributed by atoms with Crippen LogP contribution in [0.1, 0.15) is 59.2 Å². The molecule has 7 nitrogen and oxygen atoms in total. The van der Waals surface area contributed by atoms with Crippen LogP contribution >= 0.6 is 11.6 Å². The molecule has 0 bridgehead atoms. The Balaban J connectivity index is 1.11. The highest BCUT2D eigenvalue weighted by molar-refractivity contribution is 6.35. The first-order valence-electron chi connectivity index (χ1n) is 14.9. The molecule has 1 saturated heterocycles. The number of allylic oxidation sites excluding steroid dienone is 2. The Morgan fingerprint density at radius 3 is 2.64 bits per heavy atom. The number of fused-ring (bicyclic) bond motifs is 1. The summed E-state index contributed by atoms with van der Waals surface area (Å²) in [5, 5.41) is 7.39. The van der Waals surface area contributed by atoms with Gasteiger partial charge in [0.15, 0.2) is 0 Å². The fraction of sp³-hybridized carbons (Fsp3) is 0.314. The van der Waals surface area contributed by atoms with Crippen molar-refractivity contribution in [1.29, 1.82) is 0 Å². The van der Waals surface area contributed by atoms with Gasteiger partial charge < -0.3 is 24.5 Å². The molecule has 4 aromatic rings. The molecule has 44 heavy (non-hydrogen) atoms. The Kier molecular flexibility index (Phi) is 9.00. The van der Waals surface area contributed by atoms with E-state index in [0.29, 0.717) is 52.3 Å². The molecule has 1 aromatic heterocycles. The lowest BCUT2D eigenvalue weighted by atomic mass is 9.83. The molecule has 2 N–H and O–H groups in total. The molecule has 9 heteroatoms. The van der Waals surface area contributed by atoms with E-state index >= 15 is 0 Å². The number of benzene rings is 3. The zero-order valence-electron chi connectivity index (χ0n) is 24.5. The van der Waals surface area contributed by atoms with Crippen LogP contribution in [0.5, 0.6) is 0 Å². The maximum absolute atomic E-state index is 13.9. The number of esters is 1.